The van der Waals surface area contributed by atoms with Gasteiger partial charge in [-0.05, 0) is 44.1 Å². The molecule has 1 aliphatic carbocycles. The minimum Gasteiger partial charge on any atom is -0.322 e. The van der Waals surface area contributed by atoms with Crippen molar-refractivity contribution in [2.75, 3.05) is 6.54 Å². The molecular weight excluding hydrogens is 332 g/mol. The van der Waals surface area contributed by atoms with Gasteiger partial charge in [0.2, 0.25) is 0 Å². The highest BCUT2D eigenvalue weighted by molar-refractivity contribution is 6.08. The van der Waals surface area contributed by atoms with Crippen molar-refractivity contribution in [2.24, 2.45) is 5.92 Å². The Balaban J connectivity index is 1.54. The number of imide groups is 1. The smallest absolute Gasteiger partial charge is 0.322 e. The van der Waals surface area contributed by atoms with Crippen LogP contribution < -0.4 is 16.1 Å². The molecule has 1 aromatic rings. The Morgan fingerprint density at radius 2 is 1.92 bits per heavy atom. The van der Waals surface area contributed by atoms with Crippen molar-refractivity contribution >= 4 is 17.8 Å². The molecule has 26 heavy (non-hydrogen) atoms. The summed E-state index contributed by atoms with van der Waals surface area (Å²) in [6, 6.07) is 9.19. The second-order valence-electron chi connectivity index (χ2n) is 7.38. The van der Waals surface area contributed by atoms with Gasteiger partial charge in [0.05, 0.1) is 6.54 Å². The number of hydrogen-bond donors (Lipinski definition) is 3. The van der Waals surface area contributed by atoms with E-state index in [-0.39, 0.29) is 18.5 Å². The maximum absolute atomic E-state index is 12.7. The maximum Gasteiger partial charge on any atom is 0.344 e. The molecule has 1 saturated heterocycles. The average Bonchev–Trinajstić information content (AvgIpc) is 2.87. The van der Waals surface area contributed by atoms with Crippen molar-refractivity contribution in [1.82, 2.24) is 21.1 Å². The van der Waals surface area contributed by atoms with Crippen LogP contribution >= 0.6 is 0 Å². The van der Waals surface area contributed by atoms with Crippen molar-refractivity contribution < 1.29 is 14.4 Å². The van der Waals surface area contributed by atoms with Crippen LogP contribution in [0.1, 0.15) is 51.1 Å². The molecule has 0 bridgehead atoms. The molecule has 2 aliphatic rings. The van der Waals surface area contributed by atoms with Gasteiger partial charge in [-0.2, -0.15) is 5.01 Å². The Labute approximate surface area is 153 Å². The Morgan fingerprint density at radius 3 is 2.58 bits per heavy atom. The maximum atomic E-state index is 12.7. The van der Waals surface area contributed by atoms with E-state index in [9.17, 15) is 14.4 Å². The van der Waals surface area contributed by atoms with E-state index < -0.39 is 17.5 Å². The van der Waals surface area contributed by atoms with Crippen LogP contribution in [-0.2, 0) is 9.59 Å². The van der Waals surface area contributed by atoms with Crippen molar-refractivity contribution in [3.05, 3.63) is 35.9 Å². The van der Waals surface area contributed by atoms with Crippen molar-refractivity contribution in [2.45, 2.75) is 51.1 Å². The molecule has 1 spiro atoms. The van der Waals surface area contributed by atoms with Gasteiger partial charge in [-0.25, -0.2) is 4.79 Å². The summed E-state index contributed by atoms with van der Waals surface area (Å²) in [5.41, 5.74) is 2.65. The third kappa shape index (κ3) is 3.72. The van der Waals surface area contributed by atoms with Crippen LogP contribution in [0.5, 0.6) is 0 Å². The molecule has 1 aromatic carbocycles. The van der Waals surface area contributed by atoms with Gasteiger partial charge in [-0.3, -0.25) is 15.0 Å². The number of amides is 4. The zero-order valence-corrected chi connectivity index (χ0v) is 15.2. The summed E-state index contributed by atoms with van der Waals surface area (Å²) in [5, 5.41) is 6.73. The average molecular weight is 358 g/mol. The molecule has 1 atom stereocenters. The Kier molecular flexibility index (Phi) is 5.27. The highest BCUT2D eigenvalue weighted by Gasteiger charge is 2.52. The first kappa shape index (κ1) is 18.4. The van der Waals surface area contributed by atoms with E-state index in [0.717, 1.165) is 23.4 Å². The van der Waals surface area contributed by atoms with E-state index in [4.69, 9.17) is 0 Å². The zero-order chi connectivity index (χ0) is 18.7. The van der Waals surface area contributed by atoms with Gasteiger partial charge in [0.25, 0.3) is 11.8 Å². The molecular formula is C19H26N4O3. The predicted octanol–water partition coefficient (Wildman–Crippen LogP) is 1.87. The third-order valence-electron chi connectivity index (χ3n) is 5.39. The zero-order valence-electron chi connectivity index (χ0n) is 15.2. The largest absolute Gasteiger partial charge is 0.344 e. The monoisotopic (exact) mass is 358 g/mol. The van der Waals surface area contributed by atoms with E-state index in [0.29, 0.717) is 18.8 Å². The van der Waals surface area contributed by atoms with E-state index >= 15 is 0 Å². The molecule has 2 fully saturated rings. The van der Waals surface area contributed by atoms with Gasteiger partial charge in [-0.1, -0.05) is 37.3 Å². The summed E-state index contributed by atoms with van der Waals surface area (Å²) in [6.45, 7) is 4.11. The van der Waals surface area contributed by atoms with Gasteiger partial charge < -0.3 is 10.6 Å². The lowest BCUT2D eigenvalue weighted by Crippen LogP contribution is -2.52. The summed E-state index contributed by atoms with van der Waals surface area (Å²) in [5.74, 6) is -0.214. The molecule has 140 valence electrons. The summed E-state index contributed by atoms with van der Waals surface area (Å²) in [7, 11) is 0. The lowest BCUT2D eigenvalue weighted by Gasteiger charge is -2.33. The first-order valence-electron chi connectivity index (χ1n) is 9.16. The fourth-order valence-corrected chi connectivity index (χ4v) is 3.59. The number of urea groups is 1. The quantitative estimate of drug-likeness (QED) is 0.701. The van der Waals surface area contributed by atoms with Crippen LogP contribution in [0.2, 0.25) is 0 Å². The standard InChI is InChI=1S/C19H26N4O3/c1-13-8-10-19(11-9-13)17(25)23(18(26)21-19)22-16(24)12-20-14(2)15-6-4-3-5-7-15/h3-7,13-14,20H,8-12H2,1-2H3,(H,21,26)(H,22,24)/t13?,14-,19?/m0/s1. The summed E-state index contributed by atoms with van der Waals surface area (Å²) in [4.78, 5) is 37.1. The number of carbonyl (C=O) groups excluding carboxylic acids is 3. The van der Waals surface area contributed by atoms with Crippen LogP contribution in [0.15, 0.2) is 30.3 Å². The van der Waals surface area contributed by atoms with Crippen LogP contribution in [-0.4, -0.2) is 34.9 Å². The Morgan fingerprint density at radius 1 is 1.27 bits per heavy atom. The van der Waals surface area contributed by atoms with Gasteiger partial charge >= 0.3 is 6.03 Å². The molecule has 1 heterocycles. The van der Waals surface area contributed by atoms with Gasteiger partial charge in [0.1, 0.15) is 5.54 Å². The van der Waals surface area contributed by atoms with Gasteiger partial charge in [0, 0.05) is 6.04 Å². The summed E-state index contributed by atoms with van der Waals surface area (Å²) in [6.07, 6.45) is 3.02. The number of rotatable bonds is 5. The SMILES string of the molecule is CC1CCC2(CC1)NC(=O)N(NC(=O)CN[C@@H](C)c1ccccc1)C2=O. The summed E-state index contributed by atoms with van der Waals surface area (Å²) >= 11 is 0. The fourth-order valence-electron chi connectivity index (χ4n) is 3.59. The number of benzene rings is 1. The first-order chi connectivity index (χ1) is 12.4. The lowest BCUT2D eigenvalue weighted by molar-refractivity contribution is -0.139. The predicted molar refractivity (Wildman–Crippen MR) is 96.7 cm³/mol. The molecule has 3 rings (SSSR count). The molecule has 3 N–H and O–H groups in total. The van der Waals surface area contributed by atoms with Crippen LogP contribution in [0.25, 0.3) is 0 Å². The minimum atomic E-state index is -0.846. The number of hydrogen-bond acceptors (Lipinski definition) is 4. The van der Waals surface area contributed by atoms with Crippen molar-refractivity contribution in [1.29, 1.82) is 0 Å². The van der Waals surface area contributed by atoms with E-state index in [2.05, 4.69) is 23.0 Å². The van der Waals surface area contributed by atoms with Crippen molar-refractivity contribution in [3.8, 4) is 0 Å². The van der Waals surface area contributed by atoms with Crippen LogP contribution in [0, 0.1) is 5.92 Å². The topological polar surface area (TPSA) is 90.5 Å². The molecule has 0 radical (unpaired) electrons. The molecule has 7 heteroatoms. The van der Waals surface area contributed by atoms with E-state index in [1.165, 1.54) is 0 Å². The normalized spacial score (nSPS) is 26.7. The highest BCUT2D eigenvalue weighted by atomic mass is 16.2. The number of hydrazine groups is 1. The van der Waals surface area contributed by atoms with E-state index in [1.807, 2.05) is 37.3 Å². The first-order valence-corrected chi connectivity index (χ1v) is 9.16. The fraction of sp³-hybridized carbons (Fsp3) is 0.526. The molecule has 1 aliphatic heterocycles. The summed E-state index contributed by atoms with van der Waals surface area (Å²) < 4.78 is 0. The van der Waals surface area contributed by atoms with Crippen molar-refractivity contribution in [3.63, 3.8) is 0 Å². The van der Waals surface area contributed by atoms with Gasteiger partial charge in [-0.15, -0.1) is 0 Å². The Bertz CT molecular complexity index is 683. The minimum absolute atomic E-state index is 0.0111. The van der Waals surface area contributed by atoms with Gasteiger partial charge in [0.15, 0.2) is 0 Å². The molecule has 0 aromatic heterocycles. The second kappa shape index (κ2) is 7.45. The Hall–Kier alpha value is -2.41. The van der Waals surface area contributed by atoms with Crippen LogP contribution in [0.3, 0.4) is 0 Å². The third-order valence-corrected chi connectivity index (χ3v) is 5.39. The second-order valence-corrected chi connectivity index (χ2v) is 7.38. The number of nitrogens with one attached hydrogen (secondary N) is 3. The van der Waals surface area contributed by atoms with Crippen LogP contribution in [0.4, 0.5) is 4.79 Å². The molecule has 0 unspecified atom stereocenters. The highest BCUT2D eigenvalue weighted by Crippen LogP contribution is 2.35. The molecule has 4 amide bonds. The number of carbonyl (C=O) groups is 3. The lowest BCUT2D eigenvalue weighted by atomic mass is 9.77. The van der Waals surface area contributed by atoms with E-state index in [1.54, 1.807) is 0 Å². The molecule has 7 nitrogen and oxygen atoms in total. The number of nitrogens with zero attached hydrogens (tertiary/aromatic N) is 1. The molecule has 1 saturated carbocycles.